The Morgan fingerprint density at radius 1 is 1.25 bits per heavy atom. The molecule has 1 aliphatic heterocycles. The molecule has 0 saturated carbocycles. The van der Waals surface area contributed by atoms with Gasteiger partial charge in [0, 0.05) is 31.6 Å². The summed E-state index contributed by atoms with van der Waals surface area (Å²) in [4.78, 5) is 2.65. The average molecular weight is 427 g/mol. The van der Waals surface area contributed by atoms with Gasteiger partial charge in [0.25, 0.3) is 0 Å². The molecule has 1 fully saturated rings. The maximum atomic E-state index is 6.27. The third-order valence-corrected chi connectivity index (χ3v) is 6.28. The maximum absolute atomic E-state index is 6.27. The summed E-state index contributed by atoms with van der Waals surface area (Å²) in [7, 11) is 1.75. The maximum Gasteiger partial charge on any atom is 0.0964 e. The zero-order valence-electron chi connectivity index (χ0n) is 17.8. The fourth-order valence-corrected chi connectivity index (χ4v) is 4.63. The Morgan fingerprint density at radius 2 is 1.89 bits per heavy atom. The fraction of sp³-hybridized carbons (Fsp3) is 0.905. The molecule has 2 aliphatic rings. The largest absolute Gasteiger partial charge is 0.412 e. The van der Waals surface area contributed by atoms with Gasteiger partial charge in [-0.1, -0.05) is 46.8 Å². The number of hydrogen-bond donors (Lipinski definition) is 1. The van der Waals surface area contributed by atoms with E-state index in [-0.39, 0.29) is 23.9 Å². The van der Waals surface area contributed by atoms with Crippen LogP contribution in [0.1, 0.15) is 60.8 Å². The second kappa shape index (κ2) is 14.7. The van der Waals surface area contributed by atoms with Crippen molar-refractivity contribution in [2.45, 2.75) is 72.2 Å². The quantitative estimate of drug-likeness (QED) is 0.382. The molecule has 3 atom stereocenters. The summed E-state index contributed by atoms with van der Waals surface area (Å²) >= 11 is 6.27. The van der Waals surface area contributed by atoms with Crippen molar-refractivity contribution >= 4 is 11.6 Å². The van der Waals surface area contributed by atoms with E-state index in [1.807, 2.05) is 0 Å². The summed E-state index contributed by atoms with van der Waals surface area (Å²) in [5, 5.41) is 3.89. The number of likely N-dealkylation sites (tertiary alicyclic amines) is 1. The molecule has 0 aromatic rings. The zero-order valence-corrected chi connectivity index (χ0v) is 18.5. The fourth-order valence-electron chi connectivity index (χ4n) is 4.43. The molecule has 172 valence electrons. The number of alkyl halides is 1. The standard InChI is InChI=1S/C20H37ClN2O.CH4.3H2O/c1-15(2)19(22-14-24-5)12-23-11-10-18(20(3,4)13-23)16-6-8-17(21)9-7-16;;;;/h6,15,17-19,22H,7-14H2,1-5H3;1H4;3*1H2/t17?,18-,19+;;;;/m1..../s1. The number of rotatable bonds is 7. The van der Waals surface area contributed by atoms with Gasteiger partial charge < -0.3 is 26.1 Å². The molecule has 0 amide bonds. The lowest BCUT2D eigenvalue weighted by Gasteiger charge is -2.47. The lowest BCUT2D eigenvalue weighted by Crippen LogP contribution is -2.52. The predicted molar refractivity (Wildman–Crippen MR) is 121 cm³/mol. The van der Waals surface area contributed by atoms with Crippen LogP contribution in [0, 0.1) is 17.3 Å². The first-order valence-electron chi connectivity index (χ1n) is 9.61. The van der Waals surface area contributed by atoms with Crippen LogP contribution >= 0.6 is 11.6 Å². The van der Waals surface area contributed by atoms with Gasteiger partial charge in [0.15, 0.2) is 0 Å². The number of nitrogens with zero attached hydrogens (tertiary/aromatic N) is 1. The summed E-state index contributed by atoms with van der Waals surface area (Å²) in [6.07, 6.45) is 7.14. The van der Waals surface area contributed by atoms with Crippen LogP contribution in [0.3, 0.4) is 0 Å². The first kappa shape index (κ1) is 32.5. The minimum absolute atomic E-state index is 0. The summed E-state index contributed by atoms with van der Waals surface area (Å²) in [6.45, 7) is 13.6. The number of piperidine rings is 1. The van der Waals surface area contributed by atoms with Crippen molar-refractivity contribution in [2.24, 2.45) is 17.3 Å². The van der Waals surface area contributed by atoms with Crippen LogP contribution in [0.2, 0.25) is 0 Å². The summed E-state index contributed by atoms with van der Waals surface area (Å²) in [5.41, 5.74) is 2.01. The number of methoxy groups -OCH3 is 1. The van der Waals surface area contributed by atoms with Gasteiger partial charge in [-0.3, -0.25) is 5.32 Å². The highest BCUT2D eigenvalue weighted by Gasteiger charge is 2.38. The summed E-state index contributed by atoms with van der Waals surface area (Å²) in [6, 6.07) is 0.489. The van der Waals surface area contributed by atoms with Gasteiger partial charge in [-0.25, -0.2) is 0 Å². The smallest absolute Gasteiger partial charge is 0.0964 e. The molecule has 1 aliphatic carbocycles. The van der Waals surface area contributed by atoms with E-state index in [0.29, 0.717) is 29.5 Å². The van der Waals surface area contributed by atoms with Gasteiger partial charge >= 0.3 is 0 Å². The number of nitrogens with one attached hydrogen (secondary N) is 1. The van der Waals surface area contributed by atoms with E-state index < -0.39 is 0 Å². The molecule has 0 aromatic heterocycles. The van der Waals surface area contributed by atoms with Crippen molar-refractivity contribution in [1.29, 1.82) is 0 Å². The summed E-state index contributed by atoms with van der Waals surface area (Å²) in [5.74, 6) is 1.34. The Balaban J connectivity index is -0.00000156. The normalized spacial score (nSPS) is 25.3. The first-order valence-corrected chi connectivity index (χ1v) is 10.0. The van der Waals surface area contributed by atoms with Crippen LogP contribution < -0.4 is 5.32 Å². The highest BCUT2D eigenvalue weighted by molar-refractivity contribution is 6.20. The number of allylic oxidation sites excluding steroid dienone is 2. The van der Waals surface area contributed by atoms with Crippen molar-refractivity contribution < 1.29 is 21.2 Å². The molecule has 0 bridgehead atoms. The molecule has 0 spiro atoms. The Bertz CT molecular complexity index is 433. The van der Waals surface area contributed by atoms with Crippen LogP contribution in [0.5, 0.6) is 0 Å². The van der Waals surface area contributed by atoms with Crippen LogP contribution in [0.15, 0.2) is 11.6 Å². The van der Waals surface area contributed by atoms with Gasteiger partial charge in [-0.05, 0) is 49.5 Å². The molecule has 2 rings (SSSR count). The van der Waals surface area contributed by atoms with Gasteiger partial charge in [0.1, 0.15) is 0 Å². The molecule has 1 saturated heterocycles. The second-order valence-corrected chi connectivity index (χ2v) is 9.32. The molecular formula is C21H47ClN2O4. The predicted octanol–water partition coefficient (Wildman–Crippen LogP) is 2.43. The molecule has 0 radical (unpaired) electrons. The molecule has 28 heavy (non-hydrogen) atoms. The molecule has 1 unspecified atom stereocenters. The van der Waals surface area contributed by atoms with E-state index in [2.05, 4.69) is 44.0 Å². The number of ether oxygens (including phenoxy) is 1. The zero-order chi connectivity index (χ0) is 17.7. The van der Waals surface area contributed by atoms with Gasteiger partial charge in [0.2, 0.25) is 0 Å². The Hall–Kier alpha value is -0.210. The van der Waals surface area contributed by atoms with E-state index in [9.17, 15) is 0 Å². The van der Waals surface area contributed by atoms with Crippen molar-refractivity contribution in [1.82, 2.24) is 10.2 Å². The second-order valence-electron chi connectivity index (χ2n) is 8.70. The Kier molecular flexibility index (Phi) is 17.1. The van der Waals surface area contributed by atoms with Crippen molar-refractivity contribution in [3.8, 4) is 0 Å². The topological polar surface area (TPSA) is 119 Å². The first-order chi connectivity index (χ1) is 11.3. The summed E-state index contributed by atoms with van der Waals surface area (Å²) < 4.78 is 5.21. The number of halogens is 1. The molecule has 1 heterocycles. The SMILES string of the molecule is C.COCN[C@@H](CN1CC[C@H](C2=CCC(Cl)CC2)C(C)(C)C1)C(C)C.O.O.O. The highest BCUT2D eigenvalue weighted by Crippen LogP contribution is 2.43. The average Bonchev–Trinajstić information content (AvgIpc) is 2.51. The van der Waals surface area contributed by atoms with Gasteiger partial charge in [-0.2, -0.15) is 0 Å². The van der Waals surface area contributed by atoms with E-state index in [1.54, 1.807) is 12.7 Å². The molecule has 7 heteroatoms. The minimum Gasteiger partial charge on any atom is -0.412 e. The van der Waals surface area contributed by atoms with Crippen molar-refractivity contribution in [3.63, 3.8) is 0 Å². The molecule has 0 aromatic carbocycles. The van der Waals surface area contributed by atoms with Crippen molar-refractivity contribution in [3.05, 3.63) is 11.6 Å². The lowest BCUT2D eigenvalue weighted by molar-refractivity contribution is 0.0538. The van der Waals surface area contributed by atoms with E-state index in [1.165, 1.54) is 25.9 Å². The molecule has 6 nitrogen and oxygen atoms in total. The van der Waals surface area contributed by atoms with Crippen LogP contribution in [-0.4, -0.2) is 66.2 Å². The third kappa shape index (κ3) is 9.08. The monoisotopic (exact) mass is 426 g/mol. The van der Waals surface area contributed by atoms with Crippen LogP contribution in [-0.2, 0) is 4.74 Å². The Labute approximate surface area is 178 Å². The number of hydrogen-bond acceptors (Lipinski definition) is 3. The third-order valence-electron chi connectivity index (χ3n) is 5.89. The lowest BCUT2D eigenvalue weighted by atomic mass is 9.68. The van der Waals surface area contributed by atoms with Crippen LogP contribution in [0.25, 0.3) is 0 Å². The van der Waals surface area contributed by atoms with E-state index in [0.717, 1.165) is 25.3 Å². The Morgan fingerprint density at radius 3 is 2.36 bits per heavy atom. The van der Waals surface area contributed by atoms with Gasteiger partial charge in [-0.15, -0.1) is 11.6 Å². The minimum atomic E-state index is 0. The van der Waals surface area contributed by atoms with E-state index in [4.69, 9.17) is 16.3 Å². The van der Waals surface area contributed by atoms with E-state index >= 15 is 0 Å². The highest BCUT2D eigenvalue weighted by atomic mass is 35.5. The van der Waals surface area contributed by atoms with Crippen molar-refractivity contribution in [2.75, 3.05) is 33.5 Å². The molecule has 7 N–H and O–H groups in total. The van der Waals surface area contributed by atoms with Gasteiger partial charge in [0.05, 0.1) is 6.73 Å². The van der Waals surface area contributed by atoms with Crippen LogP contribution in [0.4, 0.5) is 0 Å². The molecular weight excluding hydrogens is 380 g/mol.